The van der Waals surface area contributed by atoms with E-state index >= 15 is 0 Å². The largest absolute Gasteiger partial charge is 0.424 e. The van der Waals surface area contributed by atoms with Gasteiger partial charge in [-0.05, 0) is 54.1 Å². The molecule has 0 amide bonds. The molecule has 5 aromatic rings. The number of aromatic nitrogens is 4. The highest BCUT2D eigenvalue weighted by Gasteiger charge is 2.08. The summed E-state index contributed by atoms with van der Waals surface area (Å²) in [6.07, 6.45) is 1.70. The van der Waals surface area contributed by atoms with Crippen LogP contribution in [0.25, 0.3) is 21.9 Å². The van der Waals surface area contributed by atoms with Crippen LogP contribution in [-0.4, -0.2) is 19.5 Å². The molecule has 0 saturated carbocycles. The summed E-state index contributed by atoms with van der Waals surface area (Å²) in [4.78, 5) is 13.3. The number of nitrogens with two attached hydrogens (primary N) is 1. The van der Waals surface area contributed by atoms with Crippen LogP contribution in [0.1, 0.15) is 5.56 Å². The molecule has 2 heterocycles. The zero-order chi connectivity index (χ0) is 21.4. The second-order valence-corrected chi connectivity index (χ2v) is 7.63. The van der Waals surface area contributed by atoms with Gasteiger partial charge in [0, 0.05) is 35.9 Å². The monoisotopic (exact) mass is 430 g/mol. The van der Waals surface area contributed by atoms with Crippen molar-refractivity contribution in [1.29, 1.82) is 0 Å². The van der Waals surface area contributed by atoms with Crippen molar-refractivity contribution in [2.24, 2.45) is 7.05 Å². The number of nitrogens with zero attached hydrogens (tertiary/aromatic N) is 4. The van der Waals surface area contributed by atoms with Gasteiger partial charge < -0.3 is 20.4 Å². The number of ether oxygens (including phenoxy) is 1. The molecule has 31 heavy (non-hydrogen) atoms. The minimum Gasteiger partial charge on any atom is -0.424 e. The van der Waals surface area contributed by atoms with Crippen LogP contribution in [0.4, 0.5) is 11.6 Å². The van der Waals surface area contributed by atoms with Gasteiger partial charge in [-0.15, -0.1) is 0 Å². The lowest BCUT2D eigenvalue weighted by molar-refractivity contribution is 0.444. The number of anilines is 2. The van der Waals surface area contributed by atoms with Crippen LogP contribution in [0.5, 0.6) is 11.8 Å². The quantitative estimate of drug-likeness (QED) is 0.374. The maximum atomic E-state index is 6.00. The van der Waals surface area contributed by atoms with Crippen LogP contribution in [0.15, 0.2) is 66.9 Å². The van der Waals surface area contributed by atoms with E-state index in [1.54, 1.807) is 12.3 Å². The Balaban J connectivity index is 1.27. The molecule has 0 aliphatic carbocycles. The molecule has 0 atom stereocenters. The second-order valence-electron chi connectivity index (χ2n) is 7.20. The molecule has 8 heteroatoms. The molecule has 0 aliphatic heterocycles. The molecule has 0 fully saturated rings. The fourth-order valence-electron chi connectivity index (χ4n) is 3.36. The van der Waals surface area contributed by atoms with E-state index in [0.29, 0.717) is 23.3 Å². The van der Waals surface area contributed by atoms with Gasteiger partial charge in [-0.25, -0.2) is 9.97 Å². The van der Waals surface area contributed by atoms with Gasteiger partial charge in [0.15, 0.2) is 0 Å². The summed E-state index contributed by atoms with van der Waals surface area (Å²) in [5.74, 6) is 1.45. The standard InChI is InChI=1S/C23H19ClN6O/c1-30-21-11-17(25)5-9-20(21)28-22(30)26-12-14-2-6-18(7-3-14)31-23-27-13-15-10-16(24)4-8-19(15)29-23/h2-11,13H,12,25H2,1H3,(H,26,28). The number of rotatable bonds is 5. The fourth-order valence-corrected chi connectivity index (χ4v) is 3.54. The molecule has 5 rings (SSSR count). The van der Waals surface area contributed by atoms with E-state index in [1.165, 1.54) is 0 Å². The summed E-state index contributed by atoms with van der Waals surface area (Å²) in [6, 6.07) is 19.2. The number of hydrogen-bond donors (Lipinski definition) is 2. The summed E-state index contributed by atoms with van der Waals surface area (Å²) in [5, 5.41) is 4.88. The molecule has 2 aromatic heterocycles. The first-order valence-corrected chi connectivity index (χ1v) is 10.1. The fraction of sp³-hybridized carbons (Fsp3) is 0.0870. The van der Waals surface area contributed by atoms with Gasteiger partial charge in [0.1, 0.15) is 5.75 Å². The van der Waals surface area contributed by atoms with Crippen LogP contribution < -0.4 is 15.8 Å². The molecule has 7 nitrogen and oxygen atoms in total. The minimum atomic E-state index is 0.291. The van der Waals surface area contributed by atoms with Gasteiger partial charge in [-0.2, -0.15) is 4.98 Å². The molecule has 0 aliphatic rings. The Hall–Kier alpha value is -3.84. The third-order valence-electron chi connectivity index (χ3n) is 5.01. The number of benzene rings is 3. The smallest absolute Gasteiger partial charge is 0.322 e. The predicted octanol–water partition coefficient (Wildman–Crippen LogP) is 5.16. The van der Waals surface area contributed by atoms with Gasteiger partial charge in [0.05, 0.1) is 16.6 Å². The van der Waals surface area contributed by atoms with Crippen molar-refractivity contribution in [3.63, 3.8) is 0 Å². The average Bonchev–Trinajstić information content (AvgIpc) is 3.08. The van der Waals surface area contributed by atoms with Gasteiger partial charge in [-0.3, -0.25) is 0 Å². The number of nitrogen functional groups attached to an aromatic ring is 1. The topological polar surface area (TPSA) is 90.9 Å². The lowest BCUT2D eigenvalue weighted by Crippen LogP contribution is -2.05. The first-order chi connectivity index (χ1) is 15.0. The lowest BCUT2D eigenvalue weighted by Gasteiger charge is -2.08. The van der Waals surface area contributed by atoms with Crippen LogP contribution >= 0.6 is 11.6 Å². The third-order valence-corrected chi connectivity index (χ3v) is 5.24. The van der Waals surface area contributed by atoms with E-state index in [0.717, 1.165) is 39.1 Å². The van der Waals surface area contributed by atoms with E-state index in [1.807, 2.05) is 66.2 Å². The van der Waals surface area contributed by atoms with Crippen molar-refractivity contribution in [2.75, 3.05) is 11.1 Å². The predicted molar refractivity (Wildman–Crippen MR) is 124 cm³/mol. The maximum absolute atomic E-state index is 6.00. The zero-order valence-electron chi connectivity index (χ0n) is 16.7. The molecule has 154 valence electrons. The van der Waals surface area contributed by atoms with Gasteiger partial charge in [0.2, 0.25) is 5.95 Å². The van der Waals surface area contributed by atoms with Crippen molar-refractivity contribution in [3.8, 4) is 11.8 Å². The van der Waals surface area contributed by atoms with Crippen molar-refractivity contribution < 1.29 is 4.74 Å². The summed E-state index contributed by atoms with van der Waals surface area (Å²) >= 11 is 6.00. The molecule has 3 aromatic carbocycles. The van der Waals surface area contributed by atoms with Crippen molar-refractivity contribution >= 4 is 45.2 Å². The van der Waals surface area contributed by atoms with Crippen LogP contribution in [-0.2, 0) is 13.6 Å². The lowest BCUT2D eigenvalue weighted by atomic mass is 10.2. The number of aryl methyl sites for hydroxylation is 1. The Labute approximate surface area is 183 Å². The van der Waals surface area contributed by atoms with E-state index in [4.69, 9.17) is 22.1 Å². The summed E-state index contributed by atoms with van der Waals surface area (Å²) in [7, 11) is 1.96. The van der Waals surface area contributed by atoms with Crippen molar-refractivity contribution in [1.82, 2.24) is 19.5 Å². The first-order valence-electron chi connectivity index (χ1n) is 9.70. The van der Waals surface area contributed by atoms with E-state index < -0.39 is 0 Å². The van der Waals surface area contributed by atoms with E-state index in [2.05, 4.69) is 20.3 Å². The molecule has 3 N–H and O–H groups in total. The maximum Gasteiger partial charge on any atom is 0.322 e. The number of halogens is 1. The third kappa shape index (κ3) is 3.95. The van der Waals surface area contributed by atoms with Crippen LogP contribution in [0.2, 0.25) is 5.02 Å². The van der Waals surface area contributed by atoms with Crippen molar-refractivity contribution in [2.45, 2.75) is 6.54 Å². The first kappa shape index (κ1) is 19.1. The normalized spacial score (nSPS) is 11.2. The SMILES string of the molecule is Cn1c(NCc2ccc(Oc3ncc4cc(Cl)ccc4n3)cc2)nc2ccc(N)cc21. The highest BCUT2D eigenvalue weighted by molar-refractivity contribution is 6.31. The Morgan fingerprint density at radius 3 is 2.65 bits per heavy atom. The number of fused-ring (bicyclic) bond motifs is 2. The van der Waals surface area contributed by atoms with Gasteiger partial charge in [0.25, 0.3) is 0 Å². The van der Waals surface area contributed by atoms with Crippen LogP contribution in [0, 0.1) is 0 Å². The number of imidazole rings is 1. The Morgan fingerprint density at radius 2 is 1.81 bits per heavy atom. The summed E-state index contributed by atoms with van der Waals surface area (Å²) < 4.78 is 7.79. The number of hydrogen-bond acceptors (Lipinski definition) is 6. The Bertz CT molecular complexity index is 1400. The second kappa shape index (κ2) is 7.77. The molecule has 0 radical (unpaired) electrons. The number of nitrogens with one attached hydrogen (secondary N) is 1. The molecule has 0 spiro atoms. The Morgan fingerprint density at radius 1 is 1.00 bits per heavy atom. The molecule has 0 bridgehead atoms. The zero-order valence-corrected chi connectivity index (χ0v) is 17.5. The van der Waals surface area contributed by atoms with Gasteiger partial charge in [-0.1, -0.05) is 23.7 Å². The molecular weight excluding hydrogens is 412 g/mol. The highest BCUT2D eigenvalue weighted by Crippen LogP contribution is 2.24. The van der Waals surface area contributed by atoms with Crippen LogP contribution in [0.3, 0.4) is 0 Å². The highest BCUT2D eigenvalue weighted by atomic mass is 35.5. The Kier molecular flexibility index (Phi) is 4.80. The molecule has 0 saturated heterocycles. The van der Waals surface area contributed by atoms with E-state index in [-0.39, 0.29) is 0 Å². The van der Waals surface area contributed by atoms with Gasteiger partial charge >= 0.3 is 6.01 Å². The summed E-state index contributed by atoms with van der Waals surface area (Å²) in [5.41, 5.74) is 10.4. The minimum absolute atomic E-state index is 0.291. The van der Waals surface area contributed by atoms with Crippen molar-refractivity contribution in [3.05, 3.63) is 77.4 Å². The molecular formula is C23H19ClN6O. The van der Waals surface area contributed by atoms with E-state index in [9.17, 15) is 0 Å². The average molecular weight is 431 g/mol. The molecule has 0 unspecified atom stereocenters. The summed E-state index contributed by atoms with van der Waals surface area (Å²) in [6.45, 7) is 0.625.